The summed E-state index contributed by atoms with van der Waals surface area (Å²) in [5.74, 6) is -1.64. The number of hydrogen-bond acceptors (Lipinski definition) is 20. The molecule has 32 heteroatoms. The van der Waals surface area contributed by atoms with E-state index in [2.05, 4.69) is 41.3 Å². The quantitative estimate of drug-likeness (QED) is 0.0362. The highest BCUT2D eigenvalue weighted by atomic mass is 32.2. The lowest BCUT2D eigenvalue weighted by Crippen LogP contribution is -2.19. The summed E-state index contributed by atoms with van der Waals surface area (Å²) in [6, 6.07) is 16.9. The Morgan fingerprint density at radius 1 is 0.507 bits per heavy atom. The molecule has 0 aliphatic carbocycles. The lowest BCUT2D eigenvalue weighted by molar-refractivity contribution is 0.262. The number of urea groups is 1. The van der Waals surface area contributed by atoms with Crippen LogP contribution in [0.2, 0.25) is 0 Å². The first-order valence-electron chi connectivity index (χ1n) is 19.6. The predicted octanol–water partition coefficient (Wildman–Crippen LogP) is 8.84. The minimum absolute atomic E-state index is 0.00219. The van der Waals surface area contributed by atoms with Gasteiger partial charge in [-0.15, -0.1) is 15.3 Å². The van der Waals surface area contributed by atoms with Crippen molar-refractivity contribution in [2.75, 3.05) is 17.7 Å². The molecule has 0 heterocycles. The highest BCUT2D eigenvalue weighted by Crippen LogP contribution is 2.44. The van der Waals surface area contributed by atoms with E-state index in [4.69, 9.17) is 9.29 Å². The molecular formula is C41H32N8O19S5. The Morgan fingerprint density at radius 3 is 1.68 bits per heavy atom. The molecule has 0 radical (unpaired) electrons. The highest BCUT2D eigenvalue weighted by Gasteiger charge is 2.25. The van der Waals surface area contributed by atoms with Gasteiger partial charge in [0.15, 0.2) is 5.75 Å². The number of anilines is 2. The topological polar surface area (TPSA) is 437 Å². The number of rotatable bonds is 14. The Morgan fingerprint density at radius 2 is 1.08 bits per heavy atom. The monoisotopic (exact) mass is 1100 g/mol. The SMILES string of the molecule is COc1cc(N=Nc2cc(S(=O)(=O)O)cc3cc(S(=O)(=O)O)cc(O)c23)c(C)cc1NC(=O)Nc1ccc2c(O)c(N=Nc3ccc(N=Nc4ccc(S(=O)(=O)O)cc4)cc3S(=O)(=O)O)c(S(=O)(=O)O)cc2c1. The fourth-order valence-electron chi connectivity index (χ4n) is 6.72. The number of nitrogens with zero attached hydrogens (tertiary/aromatic N) is 6. The second-order valence-electron chi connectivity index (χ2n) is 15.0. The van der Waals surface area contributed by atoms with E-state index in [1.54, 1.807) is 0 Å². The van der Waals surface area contributed by atoms with Crippen molar-refractivity contribution < 1.29 is 84.6 Å². The van der Waals surface area contributed by atoms with Gasteiger partial charge in [0.1, 0.15) is 32.7 Å². The number of amides is 2. The summed E-state index contributed by atoms with van der Waals surface area (Å²) in [6.45, 7) is 1.52. The molecular weight excluding hydrogens is 1070 g/mol. The lowest BCUT2D eigenvalue weighted by atomic mass is 10.1. The fourth-order valence-corrected chi connectivity index (χ4v) is 9.57. The number of nitrogens with one attached hydrogen (secondary N) is 2. The van der Waals surface area contributed by atoms with E-state index < -0.39 is 104 Å². The third kappa shape index (κ3) is 12.1. The Kier molecular flexibility index (Phi) is 14.2. The number of methoxy groups -OCH3 is 1. The van der Waals surface area contributed by atoms with E-state index in [1.165, 1.54) is 56.5 Å². The average Bonchev–Trinajstić information content (AvgIpc) is 3.28. The van der Waals surface area contributed by atoms with Gasteiger partial charge in [-0.2, -0.15) is 57.4 Å². The third-order valence-electron chi connectivity index (χ3n) is 10.1. The van der Waals surface area contributed by atoms with Crippen LogP contribution in [0.5, 0.6) is 17.2 Å². The third-order valence-corrected chi connectivity index (χ3v) is 14.3. The van der Waals surface area contributed by atoms with Gasteiger partial charge in [-0.1, -0.05) is 0 Å². The maximum absolute atomic E-state index is 13.3. The van der Waals surface area contributed by atoms with Gasteiger partial charge in [-0.25, -0.2) is 4.79 Å². The maximum Gasteiger partial charge on any atom is 0.323 e. The summed E-state index contributed by atoms with van der Waals surface area (Å²) in [5, 5.41) is 49.4. The van der Waals surface area contributed by atoms with Gasteiger partial charge in [0.25, 0.3) is 50.6 Å². The van der Waals surface area contributed by atoms with Gasteiger partial charge in [0.05, 0.1) is 55.6 Å². The number of phenolic OH excluding ortho intramolecular Hbond substituents is 2. The number of ether oxygens (including phenoxy) is 1. The molecule has 9 N–H and O–H groups in total. The second-order valence-corrected chi connectivity index (χ2v) is 22.1. The minimum Gasteiger partial charge on any atom is -0.507 e. The zero-order valence-corrected chi connectivity index (χ0v) is 40.7. The summed E-state index contributed by atoms with van der Waals surface area (Å²) in [4.78, 5) is 9.39. The van der Waals surface area contributed by atoms with Crippen LogP contribution in [0.3, 0.4) is 0 Å². The molecule has 0 atom stereocenters. The van der Waals surface area contributed by atoms with Crippen LogP contribution in [-0.2, 0) is 50.6 Å². The molecule has 0 spiro atoms. The summed E-state index contributed by atoms with van der Waals surface area (Å²) in [5.41, 5.74) is -1.51. The largest absolute Gasteiger partial charge is 0.507 e. The van der Waals surface area contributed by atoms with Crippen molar-refractivity contribution in [3.05, 3.63) is 109 Å². The lowest BCUT2D eigenvalue weighted by Gasteiger charge is -2.14. The Bertz CT molecular complexity index is 4150. The zero-order valence-electron chi connectivity index (χ0n) is 36.6. The van der Waals surface area contributed by atoms with E-state index in [1.807, 2.05) is 0 Å². The van der Waals surface area contributed by atoms with Crippen LogP contribution in [0.15, 0.2) is 158 Å². The first kappa shape index (κ1) is 52.9. The molecule has 0 aliphatic rings. The van der Waals surface area contributed by atoms with Gasteiger partial charge >= 0.3 is 6.03 Å². The molecule has 7 aromatic carbocycles. The zero-order chi connectivity index (χ0) is 53.6. The summed E-state index contributed by atoms with van der Waals surface area (Å²) in [7, 11) is -23.4. The van der Waals surface area contributed by atoms with E-state index in [0.717, 1.165) is 54.6 Å². The summed E-state index contributed by atoms with van der Waals surface area (Å²) >= 11 is 0. The average molecular weight is 1100 g/mol. The molecule has 0 bridgehead atoms. The van der Waals surface area contributed by atoms with Gasteiger partial charge in [0, 0.05) is 23.2 Å². The molecule has 0 saturated carbocycles. The summed E-state index contributed by atoms with van der Waals surface area (Å²) in [6.07, 6.45) is 0. The van der Waals surface area contributed by atoms with Crippen LogP contribution < -0.4 is 15.4 Å². The number of hydrogen-bond donors (Lipinski definition) is 9. The van der Waals surface area contributed by atoms with Crippen molar-refractivity contribution in [3.63, 3.8) is 0 Å². The van der Waals surface area contributed by atoms with Crippen LogP contribution in [0.1, 0.15) is 5.56 Å². The number of phenols is 2. The molecule has 7 aromatic rings. The van der Waals surface area contributed by atoms with Crippen LogP contribution in [-0.4, -0.2) is 88.2 Å². The molecule has 2 amide bonds. The minimum atomic E-state index is -5.24. The van der Waals surface area contributed by atoms with Gasteiger partial charge in [-0.3, -0.25) is 22.8 Å². The van der Waals surface area contributed by atoms with Crippen molar-refractivity contribution in [3.8, 4) is 17.2 Å². The molecule has 0 saturated heterocycles. The Hall–Kier alpha value is -7.92. The molecule has 7 rings (SSSR count). The molecule has 27 nitrogen and oxygen atoms in total. The van der Waals surface area contributed by atoms with Crippen molar-refractivity contribution in [1.82, 2.24) is 0 Å². The van der Waals surface area contributed by atoms with E-state index in [9.17, 15) is 75.3 Å². The number of benzene rings is 7. The number of carbonyl (C=O) groups is 1. The highest BCUT2D eigenvalue weighted by molar-refractivity contribution is 7.87. The number of aryl methyl sites for hydroxylation is 1. The number of azo groups is 3. The first-order valence-corrected chi connectivity index (χ1v) is 26.8. The Labute approximate surface area is 412 Å². The number of fused-ring (bicyclic) bond motifs is 2. The summed E-state index contributed by atoms with van der Waals surface area (Å²) < 4.78 is 174. The standard InChI is InChI=1S/C41H32N8O19S5/c1-20-11-32(35(68-2)19-31(20)47-48-33-17-27(70(56,57)58)13-22-14-28(71(59,60)61)18-34(50)38(22)33)43-41(52)42-24-5-9-29-21(12-24)15-37(73(65,66)67)39(40(29)51)49-46-30-10-6-25(16-36(30)72(62,63)64)45-44-23-3-7-26(8-4-23)69(53,54)55/h3-19,50-51H,1-2H3,(H2,42,43,52)(H,53,54,55)(H,56,57,58)(H,59,60,61)(H,62,63,64)(H,65,66,67). The van der Waals surface area contributed by atoms with E-state index in [-0.39, 0.29) is 61.4 Å². The fraction of sp³-hybridized carbons (Fsp3) is 0.0488. The second kappa shape index (κ2) is 19.6. The smallest absolute Gasteiger partial charge is 0.323 e. The van der Waals surface area contributed by atoms with Gasteiger partial charge < -0.3 is 25.6 Å². The molecule has 0 unspecified atom stereocenters. The number of aromatic hydroxyl groups is 2. The molecule has 380 valence electrons. The molecule has 0 aromatic heterocycles. The maximum atomic E-state index is 13.3. The van der Waals surface area contributed by atoms with Crippen molar-refractivity contribution in [1.29, 1.82) is 0 Å². The first-order chi connectivity index (χ1) is 33.9. The Balaban J connectivity index is 1.14. The molecule has 0 aliphatic heterocycles. The number of carbonyl (C=O) groups excluding carboxylic acids is 1. The van der Waals surface area contributed by atoms with Crippen molar-refractivity contribution in [2.24, 2.45) is 30.7 Å². The van der Waals surface area contributed by atoms with Crippen LogP contribution in [0.4, 0.5) is 50.3 Å². The molecule has 0 fully saturated rings. The van der Waals surface area contributed by atoms with E-state index >= 15 is 0 Å². The van der Waals surface area contributed by atoms with E-state index in [0.29, 0.717) is 11.6 Å². The normalized spacial score (nSPS) is 12.9. The predicted molar refractivity (Wildman–Crippen MR) is 256 cm³/mol. The molecule has 73 heavy (non-hydrogen) atoms. The van der Waals surface area contributed by atoms with Crippen molar-refractivity contribution >= 4 is 124 Å². The van der Waals surface area contributed by atoms with Crippen LogP contribution >= 0.6 is 0 Å². The van der Waals surface area contributed by atoms with Gasteiger partial charge in [0.2, 0.25) is 0 Å². The van der Waals surface area contributed by atoms with Crippen molar-refractivity contribution in [2.45, 2.75) is 31.4 Å². The van der Waals surface area contributed by atoms with Crippen LogP contribution in [0, 0.1) is 6.92 Å². The van der Waals surface area contributed by atoms with Crippen LogP contribution in [0.25, 0.3) is 21.5 Å². The van der Waals surface area contributed by atoms with Gasteiger partial charge in [-0.05, 0) is 114 Å².